The molecule has 2 heteroatoms. The van der Waals surface area contributed by atoms with Gasteiger partial charge in [-0.1, -0.05) is 66.7 Å². The summed E-state index contributed by atoms with van der Waals surface area (Å²) in [6.07, 6.45) is 6.33. The molecule has 1 atom stereocenters. The average Bonchev–Trinajstić information content (AvgIpc) is 3.34. The van der Waals surface area contributed by atoms with Gasteiger partial charge >= 0.3 is 0 Å². The zero-order valence-corrected chi connectivity index (χ0v) is 14.9. The van der Waals surface area contributed by atoms with Crippen LogP contribution in [0.2, 0.25) is 0 Å². The molecule has 1 unspecified atom stereocenters. The Morgan fingerprint density at radius 3 is 2.70 bits per heavy atom. The molecule has 130 valence electrons. The minimum Gasteiger partial charge on any atom is -0.361 e. The van der Waals surface area contributed by atoms with Gasteiger partial charge in [-0.25, -0.2) is 0 Å². The molecular weight excluding hydrogens is 330 g/mol. The van der Waals surface area contributed by atoms with Gasteiger partial charge in [-0.3, -0.25) is 4.79 Å². The van der Waals surface area contributed by atoms with Crippen LogP contribution < -0.4 is 0 Å². The van der Waals surface area contributed by atoms with Crippen LogP contribution in [-0.4, -0.2) is 11.3 Å². The summed E-state index contributed by atoms with van der Waals surface area (Å²) in [5.41, 5.74) is 8.23. The van der Waals surface area contributed by atoms with Crippen LogP contribution in [0.25, 0.3) is 16.5 Å². The number of fused-ring (bicyclic) bond motifs is 2. The molecule has 3 aromatic carbocycles. The highest BCUT2D eigenvalue weighted by atomic mass is 16.1. The fourth-order valence-corrected chi connectivity index (χ4v) is 4.25. The highest BCUT2D eigenvalue weighted by molar-refractivity contribution is 5.90. The second-order valence-electron chi connectivity index (χ2n) is 7.03. The van der Waals surface area contributed by atoms with Crippen LogP contribution in [0.4, 0.5) is 0 Å². The van der Waals surface area contributed by atoms with E-state index in [9.17, 15) is 4.79 Å². The van der Waals surface area contributed by atoms with Crippen molar-refractivity contribution in [3.05, 3.63) is 113 Å². The van der Waals surface area contributed by atoms with Gasteiger partial charge in [-0.2, -0.15) is 0 Å². The fraction of sp³-hybridized carbons (Fsp3) is 0.0800. The van der Waals surface area contributed by atoms with Gasteiger partial charge in [0.25, 0.3) is 0 Å². The standard InChI is InChI=1S/C25H19NO/c27-16-17-6-5-8-19(14-17)25(22-13-12-18-7-1-2-9-20(18)22)23-15-26-24-11-4-3-10-21(23)24/h1-11,13-16,25-26H,12H2. The van der Waals surface area contributed by atoms with E-state index in [1.807, 2.05) is 18.2 Å². The molecule has 4 aromatic rings. The van der Waals surface area contributed by atoms with Gasteiger partial charge in [0.15, 0.2) is 0 Å². The van der Waals surface area contributed by atoms with Gasteiger partial charge < -0.3 is 4.98 Å². The Bertz CT molecular complexity index is 1180. The normalized spacial score (nSPS) is 14.0. The largest absolute Gasteiger partial charge is 0.361 e. The van der Waals surface area contributed by atoms with Crippen molar-refractivity contribution in [2.75, 3.05) is 0 Å². The predicted molar refractivity (Wildman–Crippen MR) is 110 cm³/mol. The number of nitrogens with one attached hydrogen (secondary N) is 1. The number of hydrogen-bond acceptors (Lipinski definition) is 1. The number of para-hydroxylation sites is 1. The monoisotopic (exact) mass is 349 g/mol. The van der Waals surface area contributed by atoms with Crippen molar-refractivity contribution in [3.8, 4) is 0 Å². The maximum atomic E-state index is 11.4. The maximum Gasteiger partial charge on any atom is 0.150 e. The predicted octanol–water partition coefficient (Wildman–Crippen LogP) is 5.75. The lowest BCUT2D eigenvalue weighted by Gasteiger charge is -2.21. The van der Waals surface area contributed by atoms with E-state index in [1.165, 1.54) is 27.6 Å². The molecular formula is C25H19NO. The van der Waals surface area contributed by atoms with E-state index in [1.54, 1.807) is 0 Å². The summed E-state index contributed by atoms with van der Waals surface area (Å²) < 4.78 is 0. The zero-order chi connectivity index (χ0) is 18.2. The SMILES string of the molecule is O=Cc1cccc(C(C2=CCc3ccccc32)c2c[nH]c3ccccc23)c1. The number of hydrogen-bond donors (Lipinski definition) is 1. The Balaban J connectivity index is 1.75. The maximum absolute atomic E-state index is 11.4. The molecule has 1 aromatic heterocycles. The van der Waals surface area contributed by atoms with E-state index < -0.39 is 0 Å². The topological polar surface area (TPSA) is 32.9 Å². The van der Waals surface area contributed by atoms with E-state index >= 15 is 0 Å². The van der Waals surface area contributed by atoms with Crippen LogP contribution in [0.15, 0.2) is 85.1 Å². The second kappa shape index (κ2) is 6.40. The lowest BCUT2D eigenvalue weighted by Crippen LogP contribution is -2.04. The van der Waals surface area contributed by atoms with Crippen molar-refractivity contribution in [1.82, 2.24) is 4.98 Å². The minimum atomic E-state index is 0.0877. The lowest BCUT2D eigenvalue weighted by molar-refractivity contribution is 0.112. The molecule has 0 fully saturated rings. The van der Waals surface area contributed by atoms with E-state index in [2.05, 4.69) is 71.9 Å². The van der Waals surface area contributed by atoms with Crippen LogP contribution >= 0.6 is 0 Å². The molecule has 0 aliphatic heterocycles. The van der Waals surface area contributed by atoms with Crippen LogP contribution in [-0.2, 0) is 6.42 Å². The van der Waals surface area contributed by atoms with Gasteiger partial charge in [0.2, 0.25) is 0 Å². The number of allylic oxidation sites excluding steroid dienone is 2. The first-order chi connectivity index (χ1) is 13.3. The molecule has 0 bridgehead atoms. The number of aldehydes is 1. The zero-order valence-electron chi connectivity index (χ0n) is 14.9. The summed E-state index contributed by atoms with van der Waals surface area (Å²) >= 11 is 0. The summed E-state index contributed by atoms with van der Waals surface area (Å²) in [6.45, 7) is 0. The Kier molecular flexibility index (Phi) is 3.75. The number of H-pyrrole nitrogens is 1. The third-order valence-corrected chi connectivity index (χ3v) is 5.49. The van der Waals surface area contributed by atoms with Gasteiger partial charge in [0.05, 0.1) is 0 Å². The molecule has 1 aliphatic rings. The Labute approximate surface area is 158 Å². The summed E-state index contributed by atoms with van der Waals surface area (Å²) in [5.74, 6) is 0.0877. The fourth-order valence-electron chi connectivity index (χ4n) is 4.25. The first-order valence-electron chi connectivity index (χ1n) is 9.24. The third-order valence-electron chi connectivity index (χ3n) is 5.49. The Hall–Kier alpha value is -3.39. The molecule has 2 nitrogen and oxygen atoms in total. The summed E-state index contributed by atoms with van der Waals surface area (Å²) in [4.78, 5) is 14.8. The molecule has 0 radical (unpaired) electrons. The third kappa shape index (κ3) is 2.61. The van der Waals surface area contributed by atoms with Crippen molar-refractivity contribution in [1.29, 1.82) is 0 Å². The quantitative estimate of drug-likeness (QED) is 0.467. The molecule has 1 aliphatic carbocycles. The highest BCUT2D eigenvalue weighted by Crippen LogP contribution is 2.44. The Morgan fingerprint density at radius 2 is 1.78 bits per heavy atom. The number of aromatic nitrogens is 1. The summed E-state index contributed by atoms with van der Waals surface area (Å²) in [5, 5.41) is 1.23. The molecule has 5 rings (SSSR count). The lowest BCUT2D eigenvalue weighted by atomic mass is 9.82. The number of benzene rings is 3. The minimum absolute atomic E-state index is 0.0877. The molecule has 0 spiro atoms. The first kappa shape index (κ1) is 15.8. The number of aromatic amines is 1. The van der Waals surface area contributed by atoms with Gasteiger partial charge in [0.1, 0.15) is 6.29 Å². The van der Waals surface area contributed by atoms with Crippen LogP contribution in [0.3, 0.4) is 0 Å². The number of rotatable bonds is 4. The average molecular weight is 349 g/mol. The van der Waals surface area contributed by atoms with Crippen molar-refractivity contribution in [2.24, 2.45) is 0 Å². The van der Waals surface area contributed by atoms with Gasteiger partial charge in [-0.05, 0) is 46.4 Å². The number of carbonyl (C=O) groups excluding carboxylic acids is 1. The molecule has 1 N–H and O–H groups in total. The summed E-state index contributed by atoms with van der Waals surface area (Å²) in [6, 6.07) is 25.0. The second-order valence-corrected chi connectivity index (χ2v) is 7.03. The molecule has 0 saturated heterocycles. The Morgan fingerprint density at radius 1 is 0.926 bits per heavy atom. The van der Waals surface area contributed by atoms with Crippen LogP contribution in [0.1, 0.15) is 38.5 Å². The van der Waals surface area contributed by atoms with E-state index in [0.29, 0.717) is 5.56 Å². The van der Waals surface area contributed by atoms with Gasteiger partial charge in [-0.15, -0.1) is 0 Å². The van der Waals surface area contributed by atoms with E-state index in [4.69, 9.17) is 0 Å². The van der Waals surface area contributed by atoms with E-state index in [0.717, 1.165) is 23.8 Å². The molecule has 1 heterocycles. The summed E-state index contributed by atoms with van der Waals surface area (Å²) in [7, 11) is 0. The smallest absolute Gasteiger partial charge is 0.150 e. The molecule has 27 heavy (non-hydrogen) atoms. The first-order valence-corrected chi connectivity index (χ1v) is 9.24. The highest BCUT2D eigenvalue weighted by Gasteiger charge is 2.27. The van der Waals surface area contributed by atoms with E-state index in [-0.39, 0.29) is 5.92 Å². The number of carbonyl (C=O) groups is 1. The van der Waals surface area contributed by atoms with Gasteiger partial charge in [0, 0.05) is 28.6 Å². The van der Waals surface area contributed by atoms with Crippen molar-refractivity contribution < 1.29 is 4.79 Å². The molecule has 0 saturated carbocycles. The van der Waals surface area contributed by atoms with Crippen molar-refractivity contribution in [3.63, 3.8) is 0 Å². The van der Waals surface area contributed by atoms with Crippen LogP contribution in [0, 0.1) is 0 Å². The van der Waals surface area contributed by atoms with Crippen LogP contribution in [0.5, 0.6) is 0 Å². The molecule has 0 amide bonds. The van der Waals surface area contributed by atoms with Crippen molar-refractivity contribution in [2.45, 2.75) is 12.3 Å². The van der Waals surface area contributed by atoms with Crippen molar-refractivity contribution >= 4 is 22.8 Å².